The van der Waals surface area contributed by atoms with Gasteiger partial charge in [0.25, 0.3) is 5.56 Å². The standard InChI is InChI=1S/C13H10ClF4N3O3S/c1-21-11(22)5-8(6-19-21)25(23,24)20-12(13(16,17)18)7-2-3-9(14)10(15)4-7/h2-6,12,20H,1H3/t12-/m1/s1. The summed E-state index contributed by atoms with van der Waals surface area (Å²) in [7, 11) is -3.52. The molecular formula is C13H10ClF4N3O3S. The molecule has 1 aromatic heterocycles. The zero-order valence-electron chi connectivity index (χ0n) is 12.4. The molecule has 0 fully saturated rings. The van der Waals surface area contributed by atoms with Crippen LogP contribution in [0.3, 0.4) is 0 Å². The first-order valence-electron chi connectivity index (χ1n) is 6.49. The molecule has 0 aliphatic rings. The largest absolute Gasteiger partial charge is 0.408 e. The van der Waals surface area contributed by atoms with E-state index in [1.165, 1.54) is 11.8 Å². The average molecular weight is 400 g/mol. The molecule has 136 valence electrons. The van der Waals surface area contributed by atoms with Gasteiger partial charge in [0, 0.05) is 13.1 Å². The van der Waals surface area contributed by atoms with Crippen LogP contribution in [0, 0.1) is 5.82 Å². The van der Waals surface area contributed by atoms with Crippen LogP contribution in [0.2, 0.25) is 5.02 Å². The summed E-state index contributed by atoms with van der Waals surface area (Å²) in [6, 6.07) is 0.0672. The van der Waals surface area contributed by atoms with E-state index in [-0.39, 0.29) is 0 Å². The van der Waals surface area contributed by atoms with Gasteiger partial charge >= 0.3 is 6.18 Å². The van der Waals surface area contributed by atoms with Crippen molar-refractivity contribution in [1.82, 2.24) is 14.5 Å². The van der Waals surface area contributed by atoms with Gasteiger partial charge in [-0.3, -0.25) is 4.79 Å². The second-order valence-corrected chi connectivity index (χ2v) is 7.04. The first-order valence-corrected chi connectivity index (χ1v) is 8.35. The third-order valence-electron chi connectivity index (χ3n) is 3.13. The van der Waals surface area contributed by atoms with Crippen molar-refractivity contribution in [3.63, 3.8) is 0 Å². The Labute approximate surface area is 144 Å². The predicted molar refractivity (Wildman–Crippen MR) is 80.0 cm³/mol. The Bertz CT molecular complexity index is 960. The maximum absolute atomic E-state index is 13.5. The fourth-order valence-corrected chi connectivity index (χ4v) is 3.11. The summed E-state index contributed by atoms with van der Waals surface area (Å²) >= 11 is 5.42. The van der Waals surface area contributed by atoms with Crippen LogP contribution in [-0.2, 0) is 17.1 Å². The molecule has 1 N–H and O–H groups in total. The summed E-state index contributed by atoms with van der Waals surface area (Å²) in [6.07, 6.45) is -4.35. The summed E-state index contributed by atoms with van der Waals surface area (Å²) in [6.45, 7) is 0. The number of aromatic nitrogens is 2. The Balaban J connectivity index is 2.47. The predicted octanol–water partition coefficient (Wildman–Crippen LogP) is 2.15. The van der Waals surface area contributed by atoms with Gasteiger partial charge in [0.1, 0.15) is 16.8 Å². The molecule has 0 unspecified atom stereocenters. The highest BCUT2D eigenvalue weighted by molar-refractivity contribution is 7.89. The molecule has 1 atom stereocenters. The van der Waals surface area contributed by atoms with Crippen LogP contribution in [0.4, 0.5) is 17.6 Å². The van der Waals surface area contributed by atoms with Gasteiger partial charge in [0.15, 0.2) is 0 Å². The zero-order valence-corrected chi connectivity index (χ0v) is 14.0. The number of halogens is 5. The molecule has 2 aromatic rings. The lowest BCUT2D eigenvalue weighted by atomic mass is 10.1. The second-order valence-electron chi connectivity index (χ2n) is 4.92. The van der Waals surface area contributed by atoms with Gasteiger partial charge in [-0.2, -0.15) is 23.0 Å². The van der Waals surface area contributed by atoms with E-state index in [1.807, 2.05) is 0 Å². The molecular weight excluding hydrogens is 390 g/mol. The highest BCUT2D eigenvalue weighted by atomic mass is 35.5. The van der Waals surface area contributed by atoms with Crippen LogP contribution >= 0.6 is 11.6 Å². The van der Waals surface area contributed by atoms with Gasteiger partial charge in [-0.1, -0.05) is 17.7 Å². The number of sulfonamides is 1. The van der Waals surface area contributed by atoms with E-state index in [0.29, 0.717) is 12.1 Å². The number of hydrogen-bond donors (Lipinski definition) is 1. The smallest absolute Gasteiger partial charge is 0.268 e. The van der Waals surface area contributed by atoms with Crippen LogP contribution < -0.4 is 10.3 Å². The minimum absolute atomic E-state index is 0.414. The Hall–Kier alpha value is -1.98. The van der Waals surface area contributed by atoms with E-state index >= 15 is 0 Å². The van der Waals surface area contributed by atoms with Gasteiger partial charge in [0.2, 0.25) is 10.0 Å². The topological polar surface area (TPSA) is 81.1 Å². The molecule has 0 saturated heterocycles. The monoisotopic (exact) mass is 399 g/mol. The first-order chi connectivity index (χ1) is 11.4. The van der Waals surface area contributed by atoms with Crippen molar-refractivity contribution in [3.05, 3.63) is 57.2 Å². The van der Waals surface area contributed by atoms with E-state index < -0.39 is 49.1 Å². The van der Waals surface area contributed by atoms with Crippen LogP contribution in [0.25, 0.3) is 0 Å². The Morgan fingerprint density at radius 3 is 2.44 bits per heavy atom. The number of aryl methyl sites for hydroxylation is 1. The van der Waals surface area contributed by atoms with Crippen molar-refractivity contribution in [2.45, 2.75) is 17.1 Å². The molecule has 6 nitrogen and oxygen atoms in total. The summed E-state index contributed by atoms with van der Waals surface area (Å²) in [5, 5.41) is 3.03. The third-order valence-corrected chi connectivity index (χ3v) is 4.83. The molecule has 0 amide bonds. The van der Waals surface area contributed by atoms with Crippen LogP contribution in [0.1, 0.15) is 11.6 Å². The fraction of sp³-hybridized carbons (Fsp3) is 0.231. The highest BCUT2D eigenvalue weighted by Crippen LogP contribution is 2.35. The molecule has 0 spiro atoms. The van der Waals surface area contributed by atoms with Crippen molar-refractivity contribution in [3.8, 4) is 0 Å². The minimum atomic E-state index is -5.07. The quantitative estimate of drug-likeness (QED) is 0.799. The molecule has 12 heteroatoms. The van der Waals surface area contributed by atoms with Gasteiger partial charge in [0.05, 0.1) is 11.2 Å². The van der Waals surface area contributed by atoms with E-state index in [2.05, 4.69) is 5.10 Å². The number of benzene rings is 1. The zero-order chi connectivity index (χ0) is 19.0. The van der Waals surface area contributed by atoms with Gasteiger partial charge < -0.3 is 0 Å². The van der Waals surface area contributed by atoms with Gasteiger partial charge in [-0.05, 0) is 17.7 Å². The molecule has 0 bridgehead atoms. The molecule has 1 aromatic carbocycles. The Morgan fingerprint density at radius 1 is 1.28 bits per heavy atom. The lowest BCUT2D eigenvalue weighted by Crippen LogP contribution is -2.38. The number of hydrogen-bond acceptors (Lipinski definition) is 4. The fourth-order valence-electron chi connectivity index (χ4n) is 1.84. The number of alkyl halides is 3. The molecule has 1 heterocycles. The maximum Gasteiger partial charge on any atom is 0.408 e. The summed E-state index contributed by atoms with van der Waals surface area (Å²) < 4.78 is 79.8. The van der Waals surface area contributed by atoms with E-state index in [4.69, 9.17) is 11.6 Å². The third kappa shape index (κ3) is 4.35. The van der Waals surface area contributed by atoms with Crippen molar-refractivity contribution in [1.29, 1.82) is 0 Å². The number of rotatable bonds is 4. The normalized spacial score (nSPS) is 13.7. The first kappa shape index (κ1) is 19.3. The molecule has 0 aliphatic carbocycles. The van der Waals surface area contributed by atoms with E-state index in [1.54, 1.807) is 0 Å². The lowest BCUT2D eigenvalue weighted by Gasteiger charge is -2.22. The van der Waals surface area contributed by atoms with Crippen LogP contribution in [0.5, 0.6) is 0 Å². The number of nitrogens with zero attached hydrogens (tertiary/aromatic N) is 2. The Kier molecular flexibility index (Phi) is 5.21. The molecule has 0 radical (unpaired) electrons. The molecule has 2 rings (SSSR count). The minimum Gasteiger partial charge on any atom is -0.268 e. The summed E-state index contributed by atoms with van der Waals surface area (Å²) in [5.74, 6) is -1.14. The second kappa shape index (κ2) is 6.73. The molecule has 25 heavy (non-hydrogen) atoms. The molecule has 0 aliphatic heterocycles. The molecule has 0 saturated carbocycles. The van der Waals surface area contributed by atoms with Crippen LogP contribution in [0.15, 0.2) is 40.2 Å². The lowest BCUT2D eigenvalue weighted by molar-refractivity contribution is -0.153. The van der Waals surface area contributed by atoms with Crippen molar-refractivity contribution in [2.24, 2.45) is 7.05 Å². The van der Waals surface area contributed by atoms with E-state index in [0.717, 1.165) is 23.0 Å². The Morgan fingerprint density at radius 2 is 1.92 bits per heavy atom. The summed E-state index contributed by atoms with van der Waals surface area (Å²) in [4.78, 5) is 10.7. The van der Waals surface area contributed by atoms with Crippen molar-refractivity contribution in [2.75, 3.05) is 0 Å². The maximum atomic E-state index is 13.5. The van der Waals surface area contributed by atoms with Gasteiger partial charge in [-0.15, -0.1) is 0 Å². The van der Waals surface area contributed by atoms with Crippen LogP contribution in [-0.4, -0.2) is 24.4 Å². The number of nitrogens with one attached hydrogen (secondary N) is 1. The van der Waals surface area contributed by atoms with Crippen molar-refractivity contribution >= 4 is 21.6 Å². The average Bonchev–Trinajstić information content (AvgIpc) is 2.49. The SMILES string of the molecule is Cn1ncc(S(=O)(=O)N[C@H](c2ccc(Cl)c(F)c2)C(F)(F)F)cc1=O. The summed E-state index contributed by atoms with van der Waals surface area (Å²) in [5.41, 5.74) is -1.53. The van der Waals surface area contributed by atoms with E-state index in [9.17, 15) is 30.8 Å². The highest BCUT2D eigenvalue weighted by Gasteiger charge is 2.43. The van der Waals surface area contributed by atoms with Crippen molar-refractivity contribution < 1.29 is 26.0 Å². The van der Waals surface area contributed by atoms with Gasteiger partial charge in [-0.25, -0.2) is 17.5 Å².